The second-order valence-corrected chi connectivity index (χ2v) is 5.24. The molecule has 1 unspecified atom stereocenters. The zero-order valence-electron chi connectivity index (χ0n) is 11.6. The third kappa shape index (κ3) is 4.63. The van der Waals surface area contributed by atoms with Crippen LogP contribution in [0.1, 0.15) is 31.4 Å². The van der Waals surface area contributed by atoms with E-state index in [4.69, 9.17) is 0 Å². The standard InChI is InChI=1S/C15H23N3O/c1-18-12-4-6-14(18)7-8-15(19)17-11-9-13-5-2-3-10-16-13/h2-3,5,10,14H,4,6-9,11-12H2,1H3,(H,17,19). The molecule has 104 valence electrons. The van der Waals surface area contributed by atoms with Crippen LogP contribution in [0, 0.1) is 0 Å². The Bertz CT molecular complexity index is 394. The lowest BCUT2D eigenvalue weighted by Gasteiger charge is -2.18. The molecule has 1 N–H and O–H groups in total. The van der Waals surface area contributed by atoms with Gasteiger partial charge in [-0.3, -0.25) is 9.78 Å². The van der Waals surface area contributed by atoms with Crippen molar-refractivity contribution in [1.82, 2.24) is 15.2 Å². The fraction of sp³-hybridized carbons (Fsp3) is 0.600. The van der Waals surface area contributed by atoms with Gasteiger partial charge in [0, 0.05) is 37.3 Å². The number of rotatable bonds is 6. The lowest BCUT2D eigenvalue weighted by molar-refractivity contribution is -0.121. The fourth-order valence-corrected chi connectivity index (χ4v) is 2.61. The molecule has 1 saturated heterocycles. The summed E-state index contributed by atoms with van der Waals surface area (Å²) in [4.78, 5) is 18.3. The number of hydrogen-bond donors (Lipinski definition) is 1. The third-order valence-electron chi connectivity index (χ3n) is 3.81. The zero-order valence-corrected chi connectivity index (χ0v) is 11.6. The van der Waals surface area contributed by atoms with Gasteiger partial charge in [-0.2, -0.15) is 0 Å². The minimum atomic E-state index is 0.163. The summed E-state index contributed by atoms with van der Waals surface area (Å²) in [7, 11) is 2.15. The maximum atomic E-state index is 11.7. The van der Waals surface area contributed by atoms with Crippen LogP contribution < -0.4 is 5.32 Å². The van der Waals surface area contributed by atoms with Gasteiger partial charge in [0.05, 0.1) is 0 Å². The zero-order chi connectivity index (χ0) is 13.5. The molecule has 1 aliphatic heterocycles. The van der Waals surface area contributed by atoms with E-state index in [0.29, 0.717) is 19.0 Å². The molecule has 1 atom stereocenters. The Hall–Kier alpha value is -1.42. The quantitative estimate of drug-likeness (QED) is 0.846. The highest BCUT2D eigenvalue weighted by atomic mass is 16.1. The lowest BCUT2D eigenvalue weighted by Crippen LogP contribution is -2.29. The molecule has 0 radical (unpaired) electrons. The Labute approximate surface area is 115 Å². The largest absolute Gasteiger partial charge is 0.356 e. The van der Waals surface area contributed by atoms with Crippen LogP contribution in [-0.4, -0.2) is 42.0 Å². The molecular formula is C15H23N3O. The van der Waals surface area contributed by atoms with Gasteiger partial charge in [0.15, 0.2) is 0 Å². The van der Waals surface area contributed by atoms with Crippen molar-refractivity contribution in [1.29, 1.82) is 0 Å². The maximum Gasteiger partial charge on any atom is 0.220 e. The van der Waals surface area contributed by atoms with Crippen molar-refractivity contribution in [2.45, 2.75) is 38.1 Å². The third-order valence-corrected chi connectivity index (χ3v) is 3.81. The number of nitrogens with one attached hydrogen (secondary N) is 1. The van der Waals surface area contributed by atoms with Gasteiger partial charge < -0.3 is 10.2 Å². The Kier molecular flexibility index (Phi) is 5.33. The number of hydrogen-bond acceptors (Lipinski definition) is 3. The summed E-state index contributed by atoms with van der Waals surface area (Å²) < 4.78 is 0. The molecule has 2 rings (SSSR count). The average molecular weight is 261 g/mol. The molecule has 0 aliphatic carbocycles. The Balaban J connectivity index is 1.59. The van der Waals surface area contributed by atoms with E-state index in [1.165, 1.54) is 19.4 Å². The van der Waals surface area contributed by atoms with Crippen molar-refractivity contribution in [2.75, 3.05) is 20.1 Å². The number of carbonyl (C=O) groups excluding carboxylic acids is 1. The first-order valence-electron chi connectivity index (χ1n) is 7.12. The van der Waals surface area contributed by atoms with Crippen LogP contribution in [0.2, 0.25) is 0 Å². The van der Waals surface area contributed by atoms with E-state index in [1.54, 1.807) is 6.20 Å². The Morgan fingerprint density at radius 2 is 2.42 bits per heavy atom. The summed E-state index contributed by atoms with van der Waals surface area (Å²) in [6, 6.07) is 6.46. The highest BCUT2D eigenvalue weighted by Gasteiger charge is 2.21. The van der Waals surface area contributed by atoms with Crippen LogP contribution in [0.15, 0.2) is 24.4 Å². The molecule has 1 fully saturated rings. The average Bonchev–Trinajstić information content (AvgIpc) is 2.83. The molecule has 1 amide bonds. The van der Waals surface area contributed by atoms with Gasteiger partial charge in [-0.05, 0) is 45.0 Å². The molecule has 19 heavy (non-hydrogen) atoms. The summed E-state index contributed by atoms with van der Waals surface area (Å²) in [5.41, 5.74) is 1.03. The van der Waals surface area contributed by atoms with Crippen LogP contribution >= 0.6 is 0 Å². The van der Waals surface area contributed by atoms with Gasteiger partial charge in [0.2, 0.25) is 5.91 Å². The molecular weight excluding hydrogens is 238 g/mol. The molecule has 0 bridgehead atoms. The number of aromatic nitrogens is 1. The van der Waals surface area contributed by atoms with Gasteiger partial charge in [-0.15, -0.1) is 0 Å². The van der Waals surface area contributed by atoms with E-state index in [0.717, 1.165) is 18.5 Å². The summed E-state index contributed by atoms with van der Waals surface area (Å²) in [6.45, 7) is 1.85. The predicted octanol–water partition coefficient (Wildman–Crippen LogP) is 1.61. The van der Waals surface area contributed by atoms with Crippen molar-refractivity contribution in [3.05, 3.63) is 30.1 Å². The summed E-state index contributed by atoms with van der Waals surface area (Å²) in [5, 5.41) is 2.97. The first-order valence-corrected chi connectivity index (χ1v) is 7.12. The van der Waals surface area contributed by atoms with Gasteiger partial charge in [0.25, 0.3) is 0 Å². The topological polar surface area (TPSA) is 45.2 Å². The van der Waals surface area contributed by atoms with Crippen LogP contribution in [0.25, 0.3) is 0 Å². The predicted molar refractivity (Wildman–Crippen MR) is 75.8 cm³/mol. The van der Waals surface area contributed by atoms with Gasteiger partial charge in [-0.25, -0.2) is 0 Å². The van der Waals surface area contributed by atoms with Crippen molar-refractivity contribution in [3.63, 3.8) is 0 Å². The summed E-state index contributed by atoms with van der Waals surface area (Å²) in [5.74, 6) is 0.163. The number of nitrogens with zero attached hydrogens (tertiary/aromatic N) is 2. The molecule has 4 heteroatoms. The highest BCUT2D eigenvalue weighted by Crippen LogP contribution is 2.18. The van der Waals surface area contributed by atoms with Gasteiger partial charge in [0.1, 0.15) is 0 Å². The minimum Gasteiger partial charge on any atom is -0.356 e. The molecule has 1 aromatic rings. The van der Waals surface area contributed by atoms with E-state index in [2.05, 4.69) is 22.2 Å². The smallest absolute Gasteiger partial charge is 0.220 e. The summed E-state index contributed by atoms with van der Waals surface area (Å²) in [6.07, 6.45) is 6.70. The molecule has 1 aliphatic rings. The first-order chi connectivity index (χ1) is 9.25. The van der Waals surface area contributed by atoms with Crippen LogP contribution in [0.3, 0.4) is 0 Å². The van der Waals surface area contributed by atoms with E-state index in [9.17, 15) is 4.79 Å². The van der Waals surface area contributed by atoms with Crippen molar-refractivity contribution >= 4 is 5.91 Å². The van der Waals surface area contributed by atoms with Crippen LogP contribution in [0.5, 0.6) is 0 Å². The summed E-state index contributed by atoms with van der Waals surface area (Å²) >= 11 is 0. The molecule has 1 aromatic heterocycles. The van der Waals surface area contributed by atoms with Crippen molar-refractivity contribution in [2.24, 2.45) is 0 Å². The van der Waals surface area contributed by atoms with Crippen molar-refractivity contribution < 1.29 is 4.79 Å². The normalized spacial score (nSPS) is 19.5. The Morgan fingerprint density at radius 3 is 3.11 bits per heavy atom. The minimum absolute atomic E-state index is 0.163. The number of amides is 1. The van der Waals surface area contributed by atoms with Gasteiger partial charge in [-0.1, -0.05) is 6.07 Å². The second kappa shape index (κ2) is 7.24. The van der Waals surface area contributed by atoms with Crippen LogP contribution in [0.4, 0.5) is 0 Å². The Morgan fingerprint density at radius 1 is 1.53 bits per heavy atom. The lowest BCUT2D eigenvalue weighted by atomic mass is 10.1. The van der Waals surface area contributed by atoms with E-state index < -0.39 is 0 Å². The second-order valence-electron chi connectivity index (χ2n) is 5.24. The van der Waals surface area contributed by atoms with Crippen molar-refractivity contribution in [3.8, 4) is 0 Å². The van der Waals surface area contributed by atoms with Crippen LogP contribution in [-0.2, 0) is 11.2 Å². The van der Waals surface area contributed by atoms with E-state index in [-0.39, 0.29) is 5.91 Å². The monoisotopic (exact) mass is 261 g/mol. The van der Waals surface area contributed by atoms with Gasteiger partial charge >= 0.3 is 0 Å². The first kappa shape index (κ1) is 14.0. The molecule has 0 spiro atoms. The fourth-order valence-electron chi connectivity index (χ4n) is 2.61. The van der Waals surface area contributed by atoms with E-state index >= 15 is 0 Å². The molecule has 0 saturated carbocycles. The number of carbonyl (C=O) groups is 1. The molecule has 0 aromatic carbocycles. The maximum absolute atomic E-state index is 11.7. The highest BCUT2D eigenvalue weighted by molar-refractivity contribution is 5.75. The number of pyridine rings is 1. The molecule has 4 nitrogen and oxygen atoms in total. The SMILES string of the molecule is CN1CCCC1CCC(=O)NCCc1ccccn1. The molecule has 2 heterocycles. The number of likely N-dealkylation sites (tertiary alicyclic amines) is 1. The van der Waals surface area contributed by atoms with E-state index in [1.807, 2.05) is 18.2 Å².